The van der Waals surface area contributed by atoms with Crippen molar-refractivity contribution in [3.05, 3.63) is 71.3 Å². The van der Waals surface area contributed by atoms with Crippen molar-refractivity contribution >= 4 is 16.7 Å². The van der Waals surface area contributed by atoms with Gasteiger partial charge in [0, 0.05) is 30.7 Å². The van der Waals surface area contributed by atoms with Crippen LogP contribution >= 0.6 is 0 Å². The van der Waals surface area contributed by atoms with Gasteiger partial charge in [0.1, 0.15) is 11.5 Å². The lowest BCUT2D eigenvalue weighted by Crippen LogP contribution is -2.44. The number of phenols is 1. The zero-order valence-corrected chi connectivity index (χ0v) is 17.4. The Morgan fingerprint density at radius 1 is 1.10 bits per heavy atom. The molecule has 1 heterocycles. The predicted molar refractivity (Wildman–Crippen MR) is 117 cm³/mol. The molecule has 5 nitrogen and oxygen atoms in total. The number of aromatic hydroxyl groups is 1. The second-order valence-corrected chi connectivity index (χ2v) is 8.00. The van der Waals surface area contributed by atoms with Crippen LogP contribution in [-0.4, -0.2) is 37.9 Å². The number of amides is 1. The molecule has 0 aliphatic carbocycles. The van der Waals surface area contributed by atoms with Gasteiger partial charge in [0.05, 0.1) is 12.7 Å². The molecule has 1 aliphatic heterocycles. The molecule has 0 aromatic heterocycles. The first-order valence-electron chi connectivity index (χ1n) is 10.3. The molecule has 1 saturated heterocycles. The summed E-state index contributed by atoms with van der Waals surface area (Å²) in [6.45, 7) is 3.77. The molecule has 0 radical (unpaired) electrons. The number of hydrogen-bond donors (Lipinski definition) is 2. The maximum Gasteiger partial charge on any atom is 0.255 e. The second-order valence-electron chi connectivity index (χ2n) is 8.00. The lowest BCUT2D eigenvalue weighted by Gasteiger charge is -2.39. The van der Waals surface area contributed by atoms with Crippen molar-refractivity contribution in [2.75, 3.05) is 26.9 Å². The summed E-state index contributed by atoms with van der Waals surface area (Å²) in [5.74, 6) is 0.529. The third-order valence-corrected chi connectivity index (χ3v) is 6.07. The number of rotatable bonds is 5. The number of carbonyl (C=O) groups is 1. The van der Waals surface area contributed by atoms with E-state index in [1.807, 2.05) is 36.4 Å². The molecule has 1 fully saturated rings. The van der Waals surface area contributed by atoms with Crippen molar-refractivity contribution in [1.29, 1.82) is 0 Å². The molecule has 0 unspecified atom stereocenters. The zero-order valence-electron chi connectivity index (χ0n) is 17.4. The number of benzene rings is 3. The van der Waals surface area contributed by atoms with E-state index in [1.165, 1.54) is 0 Å². The van der Waals surface area contributed by atoms with E-state index in [2.05, 4.69) is 18.3 Å². The molecule has 3 aromatic carbocycles. The van der Waals surface area contributed by atoms with Gasteiger partial charge in [-0.3, -0.25) is 4.79 Å². The predicted octanol–water partition coefficient (Wildman–Crippen LogP) is 4.34. The van der Waals surface area contributed by atoms with E-state index < -0.39 is 0 Å². The SMILES string of the molecule is COc1ccc(C)cc1C1(CNC(=O)c2cc3ccccc3cc2O)CCOCC1. The minimum absolute atomic E-state index is 0.0136. The van der Waals surface area contributed by atoms with Crippen molar-refractivity contribution < 1.29 is 19.4 Å². The fourth-order valence-electron chi connectivity index (χ4n) is 4.29. The molecule has 3 aromatic rings. The fraction of sp³-hybridized carbons (Fsp3) is 0.320. The van der Waals surface area contributed by atoms with Crippen LogP contribution in [0.15, 0.2) is 54.6 Å². The van der Waals surface area contributed by atoms with Crippen molar-refractivity contribution in [3.8, 4) is 11.5 Å². The van der Waals surface area contributed by atoms with Crippen LogP contribution in [0.2, 0.25) is 0 Å². The highest BCUT2D eigenvalue weighted by atomic mass is 16.5. The third-order valence-electron chi connectivity index (χ3n) is 6.07. The quantitative estimate of drug-likeness (QED) is 0.663. The van der Waals surface area contributed by atoms with Gasteiger partial charge in [-0.05, 0) is 48.7 Å². The van der Waals surface area contributed by atoms with Gasteiger partial charge in [-0.1, -0.05) is 42.0 Å². The molecular weight excluding hydrogens is 378 g/mol. The summed E-state index contributed by atoms with van der Waals surface area (Å²) >= 11 is 0. The minimum atomic E-state index is -0.282. The van der Waals surface area contributed by atoms with E-state index in [4.69, 9.17) is 9.47 Å². The van der Waals surface area contributed by atoms with E-state index in [-0.39, 0.29) is 22.6 Å². The van der Waals surface area contributed by atoms with Crippen LogP contribution in [0.5, 0.6) is 11.5 Å². The first-order valence-corrected chi connectivity index (χ1v) is 10.3. The van der Waals surface area contributed by atoms with Crippen LogP contribution in [0.4, 0.5) is 0 Å². The molecule has 2 N–H and O–H groups in total. The highest BCUT2D eigenvalue weighted by Gasteiger charge is 2.37. The second kappa shape index (κ2) is 8.36. The standard InChI is InChI=1S/C25H27NO4/c1-17-7-8-23(29-2)21(13-17)25(9-11-30-12-10-25)16-26-24(28)20-14-18-5-3-4-6-19(18)15-22(20)27/h3-8,13-15,27H,9-12,16H2,1-2H3,(H,26,28). The van der Waals surface area contributed by atoms with Gasteiger partial charge in [-0.25, -0.2) is 0 Å². The van der Waals surface area contributed by atoms with E-state index in [0.29, 0.717) is 19.8 Å². The number of carbonyl (C=O) groups excluding carboxylic acids is 1. The molecule has 156 valence electrons. The van der Waals surface area contributed by atoms with Crippen molar-refractivity contribution in [2.45, 2.75) is 25.2 Å². The fourth-order valence-corrected chi connectivity index (χ4v) is 4.29. The van der Waals surface area contributed by atoms with Crippen LogP contribution in [-0.2, 0) is 10.2 Å². The normalized spacial score (nSPS) is 15.7. The summed E-state index contributed by atoms with van der Waals surface area (Å²) in [5.41, 5.74) is 2.25. The van der Waals surface area contributed by atoms with E-state index in [0.717, 1.165) is 40.5 Å². The van der Waals surface area contributed by atoms with Crippen molar-refractivity contribution in [2.24, 2.45) is 0 Å². The molecule has 5 heteroatoms. The minimum Gasteiger partial charge on any atom is -0.507 e. The van der Waals surface area contributed by atoms with E-state index in [9.17, 15) is 9.90 Å². The first kappa shape index (κ1) is 20.2. The summed E-state index contributed by atoms with van der Waals surface area (Å²) < 4.78 is 11.3. The van der Waals surface area contributed by atoms with Gasteiger partial charge in [-0.15, -0.1) is 0 Å². The van der Waals surface area contributed by atoms with Gasteiger partial charge in [0.2, 0.25) is 0 Å². The first-order chi connectivity index (χ1) is 14.5. The van der Waals surface area contributed by atoms with Gasteiger partial charge in [0.25, 0.3) is 5.91 Å². The highest BCUT2D eigenvalue weighted by Crippen LogP contribution is 2.40. The molecule has 1 amide bonds. The van der Waals surface area contributed by atoms with Crippen molar-refractivity contribution in [3.63, 3.8) is 0 Å². The maximum absolute atomic E-state index is 13.0. The Labute approximate surface area is 176 Å². The highest BCUT2D eigenvalue weighted by molar-refractivity contribution is 6.01. The maximum atomic E-state index is 13.0. The lowest BCUT2D eigenvalue weighted by atomic mass is 9.73. The molecule has 30 heavy (non-hydrogen) atoms. The molecule has 4 rings (SSSR count). The number of methoxy groups -OCH3 is 1. The topological polar surface area (TPSA) is 67.8 Å². The Kier molecular flexibility index (Phi) is 5.64. The summed E-state index contributed by atoms with van der Waals surface area (Å²) in [7, 11) is 1.67. The largest absolute Gasteiger partial charge is 0.507 e. The molecule has 0 bridgehead atoms. The Morgan fingerprint density at radius 3 is 2.50 bits per heavy atom. The van der Waals surface area contributed by atoms with Crippen LogP contribution in [0.3, 0.4) is 0 Å². The number of nitrogens with one attached hydrogen (secondary N) is 1. The van der Waals surface area contributed by atoms with Crippen LogP contribution in [0.25, 0.3) is 10.8 Å². The Balaban J connectivity index is 1.63. The van der Waals surface area contributed by atoms with Crippen LogP contribution in [0, 0.1) is 6.92 Å². The van der Waals surface area contributed by atoms with Crippen LogP contribution in [0.1, 0.15) is 34.3 Å². The van der Waals surface area contributed by atoms with E-state index in [1.54, 1.807) is 19.2 Å². The lowest BCUT2D eigenvalue weighted by molar-refractivity contribution is 0.0478. The molecular formula is C25H27NO4. The summed E-state index contributed by atoms with van der Waals surface area (Å²) in [4.78, 5) is 13.0. The summed E-state index contributed by atoms with van der Waals surface area (Å²) in [6.07, 6.45) is 1.58. The Bertz CT molecular complexity index is 1070. The number of fused-ring (bicyclic) bond motifs is 1. The molecule has 1 aliphatic rings. The van der Waals surface area contributed by atoms with Gasteiger partial charge >= 0.3 is 0 Å². The molecule has 0 saturated carbocycles. The number of hydrogen-bond acceptors (Lipinski definition) is 4. The summed E-state index contributed by atoms with van der Waals surface area (Å²) in [5, 5.41) is 15.3. The van der Waals surface area contributed by atoms with Crippen molar-refractivity contribution in [1.82, 2.24) is 5.32 Å². The number of phenolic OH excluding ortho intramolecular Hbond substituents is 1. The monoisotopic (exact) mass is 405 g/mol. The number of aryl methyl sites for hydroxylation is 1. The number of ether oxygens (including phenoxy) is 2. The average molecular weight is 405 g/mol. The zero-order chi connectivity index (χ0) is 21.1. The average Bonchev–Trinajstić information content (AvgIpc) is 2.77. The van der Waals surface area contributed by atoms with Gasteiger partial charge < -0.3 is 19.9 Å². The summed E-state index contributed by atoms with van der Waals surface area (Å²) in [6, 6.07) is 17.2. The molecule has 0 atom stereocenters. The Morgan fingerprint density at radius 2 is 1.80 bits per heavy atom. The molecule has 0 spiro atoms. The Hall–Kier alpha value is -3.05. The van der Waals surface area contributed by atoms with E-state index >= 15 is 0 Å². The third kappa shape index (κ3) is 3.85. The van der Waals surface area contributed by atoms with Gasteiger partial charge in [-0.2, -0.15) is 0 Å². The van der Waals surface area contributed by atoms with Crippen LogP contribution < -0.4 is 10.1 Å². The smallest absolute Gasteiger partial charge is 0.255 e. The van der Waals surface area contributed by atoms with Gasteiger partial charge in [0.15, 0.2) is 0 Å².